The van der Waals surface area contributed by atoms with Crippen molar-refractivity contribution in [1.29, 1.82) is 0 Å². The van der Waals surface area contributed by atoms with Crippen LogP contribution in [0.5, 0.6) is 0 Å². The number of aryl methyl sites for hydroxylation is 1. The molecule has 0 aliphatic rings. The van der Waals surface area contributed by atoms with E-state index in [4.69, 9.17) is 4.98 Å². The van der Waals surface area contributed by atoms with Gasteiger partial charge < -0.3 is 10.3 Å². The van der Waals surface area contributed by atoms with E-state index in [9.17, 15) is 4.79 Å². The Morgan fingerprint density at radius 3 is 2.13 bits per heavy atom. The number of imidazole rings is 1. The van der Waals surface area contributed by atoms with E-state index in [1.165, 1.54) is 17.3 Å². The summed E-state index contributed by atoms with van der Waals surface area (Å²) in [7, 11) is 0. The number of H-pyrrole nitrogens is 1. The van der Waals surface area contributed by atoms with Crippen molar-refractivity contribution in [3.63, 3.8) is 0 Å². The summed E-state index contributed by atoms with van der Waals surface area (Å²) in [5, 5.41) is 3.75. The van der Waals surface area contributed by atoms with Gasteiger partial charge in [0.15, 0.2) is 5.16 Å². The number of amides is 1. The first-order valence-electron chi connectivity index (χ1n) is 10.4. The van der Waals surface area contributed by atoms with Gasteiger partial charge in [0.25, 0.3) is 0 Å². The second-order valence-corrected chi connectivity index (χ2v) is 8.19. The van der Waals surface area contributed by atoms with Gasteiger partial charge in [0.2, 0.25) is 5.91 Å². The Labute approximate surface area is 187 Å². The van der Waals surface area contributed by atoms with E-state index in [0.29, 0.717) is 12.3 Å². The molecule has 4 aromatic rings. The second kappa shape index (κ2) is 10.6. The van der Waals surface area contributed by atoms with Gasteiger partial charge in [-0.25, -0.2) is 4.98 Å². The van der Waals surface area contributed by atoms with E-state index in [2.05, 4.69) is 46.7 Å². The molecule has 0 fully saturated rings. The standard InChI is InChI=1S/C26H25N3OS/c30-23(27-18-10-13-20-11-4-1-5-12-20)19-31-26-28-24(21-14-6-2-7-15-21)25(29-26)22-16-8-3-9-17-22/h1-9,11-12,14-17H,10,13,18-19H2,(H,27,30)(H,28,29). The number of hydrogen-bond donors (Lipinski definition) is 2. The SMILES string of the molecule is O=C(CSc1nc(-c2ccccc2)c(-c2ccccc2)[nH]1)NCCCc1ccccc1. The van der Waals surface area contributed by atoms with Crippen LogP contribution in [0, 0.1) is 0 Å². The van der Waals surface area contributed by atoms with E-state index in [0.717, 1.165) is 40.5 Å². The molecule has 0 radical (unpaired) electrons. The molecule has 2 N–H and O–H groups in total. The number of nitrogens with one attached hydrogen (secondary N) is 2. The molecule has 0 saturated heterocycles. The molecule has 1 aromatic heterocycles. The van der Waals surface area contributed by atoms with Gasteiger partial charge >= 0.3 is 0 Å². The topological polar surface area (TPSA) is 57.8 Å². The highest BCUT2D eigenvalue weighted by Gasteiger charge is 2.15. The fourth-order valence-electron chi connectivity index (χ4n) is 3.39. The molecule has 0 unspecified atom stereocenters. The van der Waals surface area contributed by atoms with Crippen molar-refractivity contribution in [3.8, 4) is 22.5 Å². The summed E-state index contributed by atoms with van der Waals surface area (Å²) in [6, 6.07) is 30.6. The van der Waals surface area contributed by atoms with E-state index in [1.807, 2.05) is 54.6 Å². The Morgan fingerprint density at radius 1 is 0.839 bits per heavy atom. The molecule has 3 aromatic carbocycles. The summed E-state index contributed by atoms with van der Waals surface area (Å²) in [5.74, 6) is 0.360. The fourth-order valence-corrected chi connectivity index (χ4v) is 4.09. The van der Waals surface area contributed by atoms with Crippen molar-refractivity contribution in [2.24, 2.45) is 0 Å². The summed E-state index contributed by atoms with van der Waals surface area (Å²) in [6.07, 6.45) is 1.89. The van der Waals surface area contributed by atoms with Gasteiger partial charge in [-0.15, -0.1) is 0 Å². The minimum atomic E-state index is 0.0250. The predicted molar refractivity (Wildman–Crippen MR) is 128 cm³/mol. The molecular formula is C26H25N3OS. The Hall–Kier alpha value is -3.31. The first-order valence-corrected chi connectivity index (χ1v) is 11.4. The van der Waals surface area contributed by atoms with Gasteiger partial charge in [-0.3, -0.25) is 4.79 Å². The number of nitrogens with zero attached hydrogens (tertiary/aromatic N) is 1. The monoisotopic (exact) mass is 427 g/mol. The molecule has 1 amide bonds. The van der Waals surface area contributed by atoms with Crippen LogP contribution in [-0.4, -0.2) is 28.2 Å². The van der Waals surface area contributed by atoms with Crippen LogP contribution in [0.4, 0.5) is 0 Å². The van der Waals surface area contributed by atoms with Crippen LogP contribution in [0.2, 0.25) is 0 Å². The van der Waals surface area contributed by atoms with E-state index < -0.39 is 0 Å². The molecule has 31 heavy (non-hydrogen) atoms. The lowest BCUT2D eigenvalue weighted by molar-refractivity contribution is -0.118. The van der Waals surface area contributed by atoms with Crippen LogP contribution in [0.3, 0.4) is 0 Å². The maximum atomic E-state index is 12.3. The number of aromatic amines is 1. The molecule has 4 nitrogen and oxygen atoms in total. The average molecular weight is 428 g/mol. The minimum Gasteiger partial charge on any atom is -0.355 e. The van der Waals surface area contributed by atoms with Crippen molar-refractivity contribution in [2.75, 3.05) is 12.3 Å². The number of rotatable bonds is 9. The third kappa shape index (κ3) is 5.86. The maximum absolute atomic E-state index is 12.3. The highest BCUT2D eigenvalue weighted by atomic mass is 32.2. The maximum Gasteiger partial charge on any atom is 0.230 e. The van der Waals surface area contributed by atoms with Crippen molar-refractivity contribution in [1.82, 2.24) is 15.3 Å². The molecular weight excluding hydrogens is 402 g/mol. The smallest absolute Gasteiger partial charge is 0.230 e. The van der Waals surface area contributed by atoms with Gasteiger partial charge in [0, 0.05) is 17.7 Å². The number of aromatic nitrogens is 2. The van der Waals surface area contributed by atoms with Crippen LogP contribution >= 0.6 is 11.8 Å². The first kappa shape index (κ1) is 20.9. The van der Waals surface area contributed by atoms with Crippen LogP contribution in [-0.2, 0) is 11.2 Å². The fraction of sp³-hybridized carbons (Fsp3) is 0.154. The Bertz CT molecular complexity index is 1040. The van der Waals surface area contributed by atoms with Crippen LogP contribution in [0.25, 0.3) is 22.5 Å². The van der Waals surface area contributed by atoms with E-state index >= 15 is 0 Å². The van der Waals surface area contributed by atoms with Crippen LogP contribution in [0.1, 0.15) is 12.0 Å². The molecule has 0 aliphatic carbocycles. The zero-order chi connectivity index (χ0) is 21.3. The van der Waals surface area contributed by atoms with Crippen molar-refractivity contribution < 1.29 is 4.79 Å². The Kier molecular flexibility index (Phi) is 7.19. The lowest BCUT2D eigenvalue weighted by atomic mass is 10.1. The molecule has 4 rings (SSSR count). The van der Waals surface area contributed by atoms with E-state index in [-0.39, 0.29) is 5.91 Å². The zero-order valence-corrected chi connectivity index (χ0v) is 18.1. The summed E-state index contributed by atoms with van der Waals surface area (Å²) in [4.78, 5) is 20.5. The average Bonchev–Trinajstić information content (AvgIpc) is 3.27. The third-order valence-corrected chi connectivity index (χ3v) is 5.81. The van der Waals surface area contributed by atoms with Crippen molar-refractivity contribution in [2.45, 2.75) is 18.0 Å². The van der Waals surface area contributed by atoms with Crippen LogP contribution in [0.15, 0.2) is 96.2 Å². The number of carbonyl (C=O) groups is 1. The number of carbonyl (C=O) groups excluding carboxylic acids is 1. The molecule has 1 heterocycles. The Morgan fingerprint density at radius 2 is 1.45 bits per heavy atom. The van der Waals surface area contributed by atoms with Crippen LogP contribution < -0.4 is 5.32 Å². The predicted octanol–water partition coefficient (Wildman–Crippen LogP) is 5.58. The third-order valence-electron chi connectivity index (χ3n) is 4.94. The minimum absolute atomic E-state index is 0.0250. The number of thioether (sulfide) groups is 1. The molecule has 156 valence electrons. The van der Waals surface area contributed by atoms with Crippen molar-refractivity contribution in [3.05, 3.63) is 96.6 Å². The number of hydrogen-bond acceptors (Lipinski definition) is 3. The highest BCUT2D eigenvalue weighted by Crippen LogP contribution is 2.32. The highest BCUT2D eigenvalue weighted by molar-refractivity contribution is 7.99. The quantitative estimate of drug-likeness (QED) is 0.271. The van der Waals surface area contributed by atoms with Gasteiger partial charge in [0.1, 0.15) is 0 Å². The number of benzene rings is 3. The summed E-state index contributed by atoms with van der Waals surface area (Å²) in [5.41, 5.74) is 5.29. The molecule has 0 saturated carbocycles. The summed E-state index contributed by atoms with van der Waals surface area (Å²) >= 11 is 1.43. The normalized spacial score (nSPS) is 10.7. The van der Waals surface area contributed by atoms with Crippen molar-refractivity contribution >= 4 is 17.7 Å². The largest absolute Gasteiger partial charge is 0.355 e. The lowest BCUT2D eigenvalue weighted by Gasteiger charge is -2.04. The zero-order valence-electron chi connectivity index (χ0n) is 17.3. The molecule has 0 atom stereocenters. The van der Waals surface area contributed by atoms with E-state index in [1.54, 1.807) is 0 Å². The van der Waals surface area contributed by atoms with Gasteiger partial charge in [-0.05, 0) is 18.4 Å². The van der Waals surface area contributed by atoms with Gasteiger partial charge in [0.05, 0.1) is 17.1 Å². The molecule has 0 spiro atoms. The van der Waals surface area contributed by atoms with Gasteiger partial charge in [-0.1, -0.05) is 103 Å². The Balaban J connectivity index is 1.36. The lowest BCUT2D eigenvalue weighted by Crippen LogP contribution is -2.26. The molecule has 5 heteroatoms. The van der Waals surface area contributed by atoms with Gasteiger partial charge in [-0.2, -0.15) is 0 Å². The molecule has 0 bridgehead atoms. The summed E-state index contributed by atoms with van der Waals surface area (Å²) in [6.45, 7) is 0.678. The molecule has 0 aliphatic heterocycles. The summed E-state index contributed by atoms with van der Waals surface area (Å²) < 4.78 is 0. The second-order valence-electron chi connectivity index (χ2n) is 7.23. The first-order chi connectivity index (χ1) is 15.3.